The van der Waals surface area contributed by atoms with Crippen LogP contribution in [0.25, 0.3) is 0 Å². The van der Waals surface area contributed by atoms with Crippen molar-refractivity contribution in [1.82, 2.24) is 0 Å². The first-order valence-electron chi connectivity index (χ1n) is 7.36. The van der Waals surface area contributed by atoms with Crippen molar-refractivity contribution in [1.29, 1.82) is 0 Å². The van der Waals surface area contributed by atoms with Crippen LogP contribution < -0.4 is 0 Å². The second-order valence-corrected chi connectivity index (χ2v) is 6.31. The van der Waals surface area contributed by atoms with Gasteiger partial charge in [-0.1, -0.05) is 18.2 Å². The number of rotatable bonds is 1. The molecular weight excluding hydrogens is 288 g/mol. The average molecular weight is 304 g/mol. The maximum Gasteiger partial charge on any atom is 0.332 e. The van der Waals surface area contributed by atoms with Gasteiger partial charge in [0, 0.05) is 24.0 Å². The summed E-state index contributed by atoms with van der Waals surface area (Å²) in [7, 11) is 0. The molecule has 0 radical (unpaired) electrons. The van der Waals surface area contributed by atoms with Gasteiger partial charge in [-0.05, 0) is 12.5 Å². The molecule has 0 aromatic rings. The Bertz CT molecular complexity index is 647. The van der Waals surface area contributed by atoms with Crippen molar-refractivity contribution in [2.24, 2.45) is 5.92 Å². The Morgan fingerprint density at radius 3 is 2.77 bits per heavy atom. The molecule has 1 fully saturated rings. The van der Waals surface area contributed by atoms with Gasteiger partial charge in [0.2, 0.25) is 0 Å². The van der Waals surface area contributed by atoms with E-state index in [-0.39, 0.29) is 24.7 Å². The van der Waals surface area contributed by atoms with Crippen molar-refractivity contribution >= 4 is 11.9 Å². The van der Waals surface area contributed by atoms with Gasteiger partial charge in [0.1, 0.15) is 0 Å². The lowest BCUT2D eigenvalue weighted by molar-refractivity contribution is -0.188. The number of aliphatic hydroxyl groups is 2. The molecule has 0 unspecified atom stereocenters. The van der Waals surface area contributed by atoms with Gasteiger partial charge >= 0.3 is 11.9 Å². The fourth-order valence-electron chi connectivity index (χ4n) is 4.15. The number of fused-ring (bicyclic) bond motifs is 3. The van der Waals surface area contributed by atoms with E-state index in [1.54, 1.807) is 24.3 Å². The number of hydrogen-bond donors (Lipinski definition) is 2. The van der Waals surface area contributed by atoms with Gasteiger partial charge in [0.05, 0.1) is 18.6 Å². The third-order valence-corrected chi connectivity index (χ3v) is 5.03. The lowest BCUT2D eigenvalue weighted by atomic mass is 9.63. The minimum atomic E-state index is -1.22. The third-order valence-electron chi connectivity index (χ3n) is 5.03. The van der Waals surface area contributed by atoms with Gasteiger partial charge in [-0.25, -0.2) is 4.79 Å². The van der Waals surface area contributed by atoms with Crippen molar-refractivity contribution < 1.29 is 29.3 Å². The van der Waals surface area contributed by atoms with Crippen LogP contribution in [0.5, 0.6) is 0 Å². The first kappa shape index (κ1) is 13.7. The van der Waals surface area contributed by atoms with Crippen LogP contribution in [0, 0.1) is 5.92 Å². The predicted molar refractivity (Wildman–Crippen MR) is 73.4 cm³/mol. The molecule has 22 heavy (non-hydrogen) atoms. The van der Waals surface area contributed by atoms with Crippen LogP contribution in [0.1, 0.15) is 19.3 Å². The summed E-state index contributed by atoms with van der Waals surface area (Å²) in [5.41, 5.74) is -1.78. The monoisotopic (exact) mass is 304 g/mol. The molecule has 0 aromatic heterocycles. The largest absolute Gasteiger partial charge is 0.450 e. The third kappa shape index (κ3) is 1.62. The van der Waals surface area contributed by atoms with Gasteiger partial charge in [-0.2, -0.15) is 0 Å². The Morgan fingerprint density at radius 2 is 1.95 bits per heavy atom. The highest BCUT2D eigenvalue weighted by atomic mass is 16.6. The average Bonchev–Trinajstić information content (AvgIpc) is 2.95. The summed E-state index contributed by atoms with van der Waals surface area (Å²) in [6.45, 7) is 0. The summed E-state index contributed by atoms with van der Waals surface area (Å²) in [5.74, 6) is -1.19. The quantitative estimate of drug-likeness (QED) is 0.529. The summed E-state index contributed by atoms with van der Waals surface area (Å²) in [6, 6.07) is 0. The van der Waals surface area contributed by atoms with Gasteiger partial charge in [0.15, 0.2) is 11.2 Å². The van der Waals surface area contributed by atoms with Crippen LogP contribution in [-0.4, -0.2) is 45.6 Å². The van der Waals surface area contributed by atoms with E-state index in [1.807, 2.05) is 0 Å². The maximum absolute atomic E-state index is 11.9. The first-order valence-corrected chi connectivity index (χ1v) is 7.36. The highest BCUT2D eigenvalue weighted by molar-refractivity contribution is 5.89. The summed E-state index contributed by atoms with van der Waals surface area (Å²) in [4.78, 5) is 23.8. The number of aliphatic hydroxyl groups excluding tert-OH is 2. The van der Waals surface area contributed by atoms with E-state index in [4.69, 9.17) is 9.47 Å². The smallest absolute Gasteiger partial charge is 0.332 e. The number of hydrogen-bond acceptors (Lipinski definition) is 6. The second kappa shape index (κ2) is 4.30. The van der Waals surface area contributed by atoms with Crippen molar-refractivity contribution in [3.05, 3.63) is 36.0 Å². The molecule has 2 N–H and O–H groups in total. The zero-order chi connectivity index (χ0) is 15.5. The molecule has 6 heteroatoms. The van der Waals surface area contributed by atoms with E-state index in [2.05, 4.69) is 0 Å². The van der Waals surface area contributed by atoms with E-state index in [0.29, 0.717) is 12.0 Å². The van der Waals surface area contributed by atoms with Crippen molar-refractivity contribution in [3.63, 3.8) is 0 Å². The lowest BCUT2D eigenvalue weighted by Gasteiger charge is -2.49. The summed E-state index contributed by atoms with van der Waals surface area (Å²) < 4.78 is 11.2. The minimum absolute atomic E-state index is 0.130. The molecule has 2 aliphatic carbocycles. The van der Waals surface area contributed by atoms with E-state index in [9.17, 15) is 19.8 Å². The fraction of sp³-hybridized carbons (Fsp3) is 0.500. The summed E-state index contributed by atoms with van der Waals surface area (Å²) in [5, 5.41) is 19.9. The van der Waals surface area contributed by atoms with Gasteiger partial charge in [0.25, 0.3) is 0 Å². The van der Waals surface area contributed by atoms with Gasteiger partial charge in [-0.3, -0.25) is 4.79 Å². The van der Waals surface area contributed by atoms with E-state index < -0.39 is 29.4 Å². The highest BCUT2D eigenvalue weighted by Gasteiger charge is 2.68. The molecule has 4 rings (SSSR count). The minimum Gasteiger partial charge on any atom is -0.450 e. The molecule has 2 heterocycles. The van der Waals surface area contributed by atoms with Crippen LogP contribution in [0.15, 0.2) is 36.0 Å². The standard InChI is InChI=1S/C16H16O6/c17-11-3-4-15(10(5-11)7-14(20)21-15)16-8-12(18)2-1-9(16)6-13(19)22-16/h1-4,6,10-12,17-18H,5,7-8H2/t10-,11+,12-,15+,16-/m1/s1. The van der Waals surface area contributed by atoms with Crippen LogP contribution in [-0.2, 0) is 19.1 Å². The molecule has 5 atom stereocenters. The Hall–Kier alpha value is -1.92. The number of carbonyl (C=O) groups excluding carboxylic acids is 2. The summed E-state index contributed by atoms with van der Waals surface area (Å²) >= 11 is 0. The Kier molecular flexibility index (Phi) is 2.68. The highest BCUT2D eigenvalue weighted by Crippen LogP contribution is 2.56. The predicted octanol–water partition coefficient (Wildman–Crippen LogP) is 0.152. The molecule has 2 aliphatic heterocycles. The van der Waals surface area contributed by atoms with Crippen LogP contribution in [0.2, 0.25) is 0 Å². The van der Waals surface area contributed by atoms with Crippen molar-refractivity contribution in [2.45, 2.75) is 42.7 Å². The van der Waals surface area contributed by atoms with Crippen LogP contribution in [0.4, 0.5) is 0 Å². The number of carbonyl (C=O) groups is 2. The normalized spacial score (nSPS) is 45.9. The molecule has 0 bridgehead atoms. The molecular formula is C16H16O6. The van der Waals surface area contributed by atoms with Crippen molar-refractivity contribution in [3.8, 4) is 0 Å². The Morgan fingerprint density at radius 1 is 1.14 bits per heavy atom. The summed E-state index contributed by atoms with van der Waals surface area (Å²) in [6.07, 6.45) is 7.02. The molecule has 0 saturated carbocycles. The van der Waals surface area contributed by atoms with E-state index >= 15 is 0 Å². The zero-order valence-electron chi connectivity index (χ0n) is 11.8. The Balaban J connectivity index is 1.89. The zero-order valence-corrected chi connectivity index (χ0v) is 11.8. The molecule has 1 saturated heterocycles. The van der Waals surface area contributed by atoms with Crippen LogP contribution in [0.3, 0.4) is 0 Å². The fourth-order valence-corrected chi connectivity index (χ4v) is 4.15. The molecule has 116 valence electrons. The van der Waals surface area contributed by atoms with Crippen molar-refractivity contribution in [2.75, 3.05) is 0 Å². The lowest BCUT2D eigenvalue weighted by Crippen LogP contribution is -2.61. The second-order valence-electron chi connectivity index (χ2n) is 6.31. The number of esters is 2. The maximum atomic E-state index is 11.9. The molecule has 4 aliphatic rings. The Labute approximate surface area is 126 Å². The van der Waals surface area contributed by atoms with Gasteiger partial charge < -0.3 is 19.7 Å². The van der Waals surface area contributed by atoms with E-state index in [0.717, 1.165) is 0 Å². The van der Waals surface area contributed by atoms with Crippen LogP contribution >= 0.6 is 0 Å². The first-order chi connectivity index (χ1) is 10.4. The molecule has 0 amide bonds. The SMILES string of the molecule is O=C1C=C2C=C[C@@H](O)C[C@@]2([C@]23C=C[C@H](O)C[C@@H]2CC(=O)O3)O1. The van der Waals surface area contributed by atoms with E-state index in [1.165, 1.54) is 6.08 Å². The molecule has 6 nitrogen and oxygen atoms in total. The molecule has 0 aromatic carbocycles. The number of ether oxygens (including phenoxy) is 2. The topological polar surface area (TPSA) is 93.1 Å². The molecule has 0 spiro atoms. The van der Waals surface area contributed by atoms with Gasteiger partial charge in [-0.15, -0.1) is 0 Å².